The molecule has 0 spiro atoms. The minimum Gasteiger partial charge on any atom is -0.504 e. The summed E-state index contributed by atoms with van der Waals surface area (Å²) in [5, 5.41) is 32.5. The zero-order chi connectivity index (χ0) is 29.3. The lowest BCUT2D eigenvalue weighted by Crippen LogP contribution is -2.47. The van der Waals surface area contributed by atoms with Crippen LogP contribution in [0.2, 0.25) is 0 Å². The summed E-state index contributed by atoms with van der Waals surface area (Å²) in [7, 11) is 4.98. The van der Waals surface area contributed by atoms with Crippen molar-refractivity contribution in [2.75, 3.05) is 47.4 Å². The number of phenolic OH excluding ortho intramolecular Hbond substituents is 3. The molecule has 1 aliphatic rings. The maximum absolute atomic E-state index is 13.7. The van der Waals surface area contributed by atoms with Gasteiger partial charge in [-0.25, -0.2) is 0 Å². The highest BCUT2D eigenvalue weighted by atomic mass is 16.5. The van der Waals surface area contributed by atoms with Gasteiger partial charge in [0.2, 0.25) is 11.7 Å². The summed E-state index contributed by atoms with van der Waals surface area (Å²) in [4.78, 5) is 30.9. The quantitative estimate of drug-likeness (QED) is 0.288. The Labute approximate surface area is 236 Å². The SMILES string of the molecule is COc1ccc(C(CC(=O)N2CCN(C)CC2)c2c(O)c(O)c(O)c3c(=O)cc(-c4ccccc4)oc23)cc1OC. The van der Waals surface area contributed by atoms with E-state index in [9.17, 15) is 24.9 Å². The minimum atomic E-state index is -0.898. The number of carbonyl (C=O) groups excluding carboxylic acids is 1. The molecule has 0 saturated carbocycles. The Morgan fingerprint density at radius 3 is 2.24 bits per heavy atom. The number of aromatic hydroxyl groups is 3. The number of methoxy groups -OCH3 is 2. The minimum absolute atomic E-state index is 0.000112. The van der Waals surface area contributed by atoms with Crippen molar-refractivity contribution in [1.29, 1.82) is 0 Å². The molecule has 0 bridgehead atoms. The van der Waals surface area contributed by atoms with Crippen molar-refractivity contribution in [2.24, 2.45) is 0 Å². The van der Waals surface area contributed by atoms with E-state index in [1.54, 1.807) is 47.4 Å². The van der Waals surface area contributed by atoms with Gasteiger partial charge in [0, 0.05) is 55.7 Å². The maximum Gasteiger partial charge on any atom is 0.223 e. The third-order valence-corrected chi connectivity index (χ3v) is 7.58. The number of carbonyl (C=O) groups is 1. The van der Waals surface area contributed by atoms with Gasteiger partial charge in [-0.15, -0.1) is 0 Å². The van der Waals surface area contributed by atoms with E-state index in [0.717, 1.165) is 13.1 Å². The van der Waals surface area contributed by atoms with Crippen molar-refractivity contribution < 1.29 is 34.0 Å². The molecule has 1 fully saturated rings. The average Bonchev–Trinajstić information content (AvgIpc) is 2.99. The van der Waals surface area contributed by atoms with Gasteiger partial charge < -0.3 is 39.0 Å². The van der Waals surface area contributed by atoms with E-state index in [-0.39, 0.29) is 34.6 Å². The summed E-state index contributed by atoms with van der Waals surface area (Å²) in [6, 6.07) is 15.2. The normalized spacial score (nSPS) is 14.7. The van der Waals surface area contributed by atoms with Crippen molar-refractivity contribution in [3.05, 3.63) is 75.9 Å². The van der Waals surface area contributed by atoms with Crippen molar-refractivity contribution in [3.8, 4) is 40.1 Å². The second kappa shape index (κ2) is 11.4. The monoisotopic (exact) mass is 560 g/mol. The molecule has 10 heteroatoms. The second-order valence-corrected chi connectivity index (χ2v) is 10.1. The fraction of sp³-hybridized carbons (Fsp3) is 0.290. The zero-order valence-corrected chi connectivity index (χ0v) is 23.1. The van der Waals surface area contributed by atoms with E-state index in [2.05, 4.69) is 4.90 Å². The number of hydrogen-bond donors (Lipinski definition) is 3. The second-order valence-electron chi connectivity index (χ2n) is 10.1. The molecule has 41 heavy (non-hydrogen) atoms. The molecule has 5 rings (SSSR count). The molecule has 214 valence electrons. The van der Waals surface area contributed by atoms with Gasteiger partial charge >= 0.3 is 0 Å². The van der Waals surface area contributed by atoms with Gasteiger partial charge in [0.25, 0.3) is 0 Å². The molecule has 2 heterocycles. The Kier molecular flexibility index (Phi) is 7.76. The molecule has 1 aromatic heterocycles. The van der Waals surface area contributed by atoms with Crippen LogP contribution in [0.25, 0.3) is 22.3 Å². The molecule has 4 aromatic rings. The number of benzene rings is 3. The predicted octanol–water partition coefficient (Wildman–Crippen LogP) is 3.89. The van der Waals surface area contributed by atoms with E-state index in [1.807, 2.05) is 13.1 Å². The Bertz CT molecular complexity index is 1640. The topological polar surface area (TPSA) is 133 Å². The molecule has 1 amide bonds. The summed E-state index contributed by atoms with van der Waals surface area (Å²) in [6.45, 7) is 2.51. The Balaban J connectivity index is 1.75. The first kappa shape index (κ1) is 27.9. The number of phenols is 3. The van der Waals surface area contributed by atoms with Crippen LogP contribution in [-0.4, -0.2) is 78.5 Å². The first-order chi connectivity index (χ1) is 19.7. The highest BCUT2D eigenvalue weighted by Gasteiger charge is 2.33. The molecular weight excluding hydrogens is 528 g/mol. The summed E-state index contributed by atoms with van der Waals surface area (Å²) in [5.74, 6) is -2.39. The number of ether oxygens (including phenoxy) is 2. The lowest BCUT2D eigenvalue weighted by molar-refractivity contribution is -0.133. The number of rotatable bonds is 7. The summed E-state index contributed by atoms with van der Waals surface area (Å²) in [5.41, 5.74) is 0.394. The van der Waals surface area contributed by atoms with Gasteiger partial charge in [0.15, 0.2) is 28.4 Å². The van der Waals surface area contributed by atoms with Crippen LogP contribution in [0.1, 0.15) is 23.5 Å². The van der Waals surface area contributed by atoms with Gasteiger partial charge in [-0.2, -0.15) is 0 Å². The largest absolute Gasteiger partial charge is 0.504 e. The van der Waals surface area contributed by atoms with Crippen LogP contribution >= 0.6 is 0 Å². The fourth-order valence-electron chi connectivity index (χ4n) is 5.26. The number of piperazine rings is 1. The van der Waals surface area contributed by atoms with Crippen LogP contribution in [0.3, 0.4) is 0 Å². The maximum atomic E-state index is 13.7. The van der Waals surface area contributed by atoms with E-state index >= 15 is 0 Å². The molecule has 0 radical (unpaired) electrons. The zero-order valence-electron chi connectivity index (χ0n) is 23.1. The number of nitrogens with zero attached hydrogens (tertiary/aromatic N) is 2. The third kappa shape index (κ3) is 5.26. The average molecular weight is 561 g/mol. The molecule has 1 atom stereocenters. The van der Waals surface area contributed by atoms with Crippen LogP contribution in [0.15, 0.2) is 63.8 Å². The first-order valence-corrected chi connectivity index (χ1v) is 13.2. The lowest BCUT2D eigenvalue weighted by atomic mass is 9.85. The fourth-order valence-corrected chi connectivity index (χ4v) is 5.26. The molecule has 3 aromatic carbocycles. The van der Waals surface area contributed by atoms with Crippen LogP contribution in [-0.2, 0) is 4.79 Å². The molecule has 3 N–H and O–H groups in total. The van der Waals surface area contributed by atoms with Crippen LogP contribution in [0, 0.1) is 0 Å². The number of likely N-dealkylation sites (N-methyl/N-ethyl adjacent to an activating group) is 1. The van der Waals surface area contributed by atoms with E-state index < -0.39 is 28.6 Å². The van der Waals surface area contributed by atoms with E-state index in [4.69, 9.17) is 13.9 Å². The third-order valence-electron chi connectivity index (χ3n) is 7.58. The van der Waals surface area contributed by atoms with Gasteiger partial charge in [0.1, 0.15) is 16.7 Å². The molecule has 0 aliphatic carbocycles. The van der Waals surface area contributed by atoms with Crippen molar-refractivity contribution in [3.63, 3.8) is 0 Å². The molecule has 1 aliphatic heterocycles. The highest BCUT2D eigenvalue weighted by Crippen LogP contribution is 2.50. The Morgan fingerprint density at radius 1 is 0.902 bits per heavy atom. The smallest absolute Gasteiger partial charge is 0.223 e. The van der Waals surface area contributed by atoms with Gasteiger partial charge in [-0.05, 0) is 24.7 Å². The first-order valence-electron chi connectivity index (χ1n) is 13.2. The van der Waals surface area contributed by atoms with Crippen molar-refractivity contribution >= 4 is 16.9 Å². The summed E-state index contributed by atoms with van der Waals surface area (Å²) < 4.78 is 17.1. The Hall–Kier alpha value is -4.70. The molecule has 10 nitrogen and oxygen atoms in total. The predicted molar refractivity (Wildman–Crippen MR) is 153 cm³/mol. The highest BCUT2D eigenvalue weighted by molar-refractivity contribution is 5.94. The molecular formula is C31H32N2O8. The number of hydrogen-bond acceptors (Lipinski definition) is 9. The summed E-state index contributed by atoms with van der Waals surface area (Å²) in [6.07, 6.45) is -0.120. The van der Waals surface area contributed by atoms with Crippen molar-refractivity contribution in [1.82, 2.24) is 9.80 Å². The number of amides is 1. The van der Waals surface area contributed by atoms with Crippen LogP contribution < -0.4 is 14.9 Å². The molecule has 1 saturated heterocycles. The Morgan fingerprint density at radius 2 is 1.59 bits per heavy atom. The lowest BCUT2D eigenvalue weighted by Gasteiger charge is -2.33. The van der Waals surface area contributed by atoms with Crippen molar-refractivity contribution in [2.45, 2.75) is 12.3 Å². The summed E-state index contributed by atoms with van der Waals surface area (Å²) >= 11 is 0. The van der Waals surface area contributed by atoms with Gasteiger partial charge in [-0.1, -0.05) is 36.4 Å². The van der Waals surface area contributed by atoms with E-state index in [1.165, 1.54) is 20.3 Å². The molecule has 1 unspecified atom stereocenters. The number of fused-ring (bicyclic) bond motifs is 1. The standard InChI is InChI=1S/C31H32N2O8/c1-32-11-13-33(14-12-32)25(35)16-20(19-9-10-22(39-2)24(15-19)40-3)26-28(36)30(38)29(37)27-21(34)17-23(41-31(26)27)18-7-5-4-6-8-18/h4-10,15,17,20,36-38H,11-14,16H2,1-3H3. The van der Waals surface area contributed by atoms with Crippen LogP contribution in [0.5, 0.6) is 28.7 Å². The van der Waals surface area contributed by atoms with Gasteiger partial charge in [-0.3, -0.25) is 9.59 Å². The van der Waals surface area contributed by atoms with Gasteiger partial charge in [0.05, 0.1) is 14.2 Å². The van der Waals surface area contributed by atoms with Crippen LogP contribution in [0.4, 0.5) is 0 Å². The van der Waals surface area contributed by atoms with E-state index in [0.29, 0.717) is 35.7 Å².